The van der Waals surface area contributed by atoms with E-state index in [1.807, 2.05) is 25.1 Å². The Hall–Kier alpha value is -2.04. The van der Waals surface area contributed by atoms with Crippen molar-refractivity contribution in [3.05, 3.63) is 24.0 Å². The van der Waals surface area contributed by atoms with Crippen LogP contribution in [0.5, 0.6) is 5.75 Å². The van der Waals surface area contributed by atoms with Crippen molar-refractivity contribution in [3.63, 3.8) is 0 Å². The van der Waals surface area contributed by atoms with Crippen molar-refractivity contribution in [3.8, 4) is 5.75 Å². The van der Waals surface area contributed by atoms with Crippen LogP contribution in [0.2, 0.25) is 0 Å². The summed E-state index contributed by atoms with van der Waals surface area (Å²) in [5.41, 5.74) is 1.83. The zero-order valence-corrected chi connectivity index (χ0v) is 11.0. The van der Waals surface area contributed by atoms with Crippen LogP contribution in [0.25, 0.3) is 11.0 Å². The Balaban J connectivity index is 1.81. The Bertz CT molecular complexity index is 620. The Morgan fingerprint density at radius 2 is 2.37 bits per heavy atom. The Morgan fingerprint density at radius 3 is 3.11 bits per heavy atom. The summed E-state index contributed by atoms with van der Waals surface area (Å²) in [6.07, 6.45) is 0.815. The third-order valence-corrected chi connectivity index (χ3v) is 3.44. The molecule has 1 aliphatic carbocycles. The predicted molar refractivity (Wildman–Crippen MR) is 70.1 cm³/mol. The van der Waals surface area contributed by atoms with Gasteiger partial charge in [-0.1, -0.05) is 0 Å². The van der Waals surface area contributed by atoms with Gasteiger partial charge in [0, 0.05) is 12.0 Å². The molecule has 2 atom stereocenters. The highest BCUT2D eigenvalue weighted by Gasteiger charge is 2.47. The lowest BCUT2D eigenvalue weighted by molar-refractivity contribution is -0.144. The van der Waals surface area contributed by atoms with Gasteiger partial charge in [-0.2, -0.15) is 0 Å². The smallest absolute Gasteiger partial charge is 0.309 e. The minimum absolute atomic E-state index is 0.0394. The summed E-state index contributed by atoms with van der Waals surface area (Å²) >= 11 is 0. The van der Waals surface area contributed by atoms with Gasteiger partial charge in [-0.25, -0.2) is 4.98 Å². The van der Waals surface area contributed by atoms with Gasteiger partial charge in [0.25, 0.3) is 0 Å². The van der Waals surface area contributed by atoms with Crippen LogP contribution in [0.1, 0.15) is 25.1 Å². The first-order valence-corrected chi connectivity index (χ1v) is 6.43. The van der Waals surface area contributed by atoms with Gasteiger partial charge in [-0.05, 0) is 25.5 Å². The van der Waals surface area contributed by atoms with E-state index in [9.17, 15) is 4.79 Å². The van der Waals surface area contributed by atoms with Gasteiger partial charge in [0.05, 0.1) is 30.7 Å². The molecule has 1 aromatic heterocycles. The number of hydrogen-bond donors (Lipinski definition) is 1. The number of nitrogens with zero attached hydrogens (tertiary/aromatic N) is 1. The first kappa shape index (κ1) is 12.0. The predicted octanol–water partition coefficient (Wildman–Crippen LogP) is 2.24. The second-order valence-electron chi connectivity index (χ2n) is 4.71. The van der Waals surface area contributed by atoms with E-state index in [4.69, 9.17) is 9.47 Å². The Kier molecular flexibility index (Phi) is 2.89. The van der Waals surface area contributed by atoms with Crippen LogP contribution < -0.4 is 4.74 Å². The van der Waals surface area contributed by atoms with E-state index in [2.05, 4.69) is 9.97 Å². The number of carbonyl (C=O) groups excluding carboxylic acids is 1. The molecule has 100 valence electrons. The number of hydrogen-bond acceptors (Lipinski definition) is 4. The van der Waals surface area contributed by atoms with E-state index < -0.39 is 0 Å². The quantitative estimate of drug-likeness (QED) is 0.856. The minimum Gasteiger partial charge on any atom is -0.497 e. The summed E-state index contributed by atoms with van der Waals surface area (Å²) < 4.78 is 10.2. The highest BCUT2D eigenvalue weighted by molar-refractivity contribution is 5.79. The fraction of sp³-hybridized carbons (Fsp3) is 0.429. The van der Waals surface area contributed by atoms with E-state index in [-0.39, 0.29) is 17.8 Å². The zero-order chi connectivity index (χ0) is 13.4. The molecule has 3 rings (SSSR count). The average molecular weight is 260 g/mol. The molecule has 0 radical (unpaired) electrons. The van der Waals surface area contributed by atoms with Crippen LogP contribution in [0, 0.1) is 5.92 Å². The van der Waals surface area contributed by atoms with Gasteiger partial charge >= 0.3 is 5.97 Å². The summed E-state index contributed by atoms with van der Waals surface area (Å²) in [6.45, 7) is 2.25. The minimum atomic E-state index is -0.120. The molecule has 2 aromatic rings. The van der Waals surface area contributed by atoms with E-state index in [1.54, 1.807) is 7.11 Å². The molecule has 5 heteroatoms. The molecule has 19 heavy (non-hydrogen) atoms. The van der Waals surface area contributed by atoms with Gasteiger partial charge in [0.15, 0.2) is 0 Å². The number of rotatable bonds is 4. The highest BCUT2D eigenvalue weighted by Crippen LogP contribution is 2.47. The van der Waals surface area contributed by atoms with E-state index in [1.165, 1.54) is 0 Å². The van der Waals surface area contributed by atoms with Crippen LogP contribution in [-0.2, 0) is 9.53 Å². The lowest BCUT2D eigenvalue weighted by Crippen LogP contribution is -2.07. The lowest BCUT2D eigenvalue weighted by Gasteiger charge is -1.98. The van der Waals surface area contributed by atoms with E-state index in [0.717, 1.165) is 29.0 Å². The molecule has 1 N–H and O–H groups in total. The van der Waals surface area contributed by atoms with Gasteiger partial charge in [0.2, 0.25) is 0 Å². The number of methoxy groups -OCH3 is 1. The SMILES string of the molecule is CCOC(=O)C1CC1c1nc2ccc(OC)cc2[nH]1. The molecule has 0 bridgehead atoms. The van der Waals surface area contributed by atoms with E-state index in [0.29, 0.717) is 6.61 Å². The molecule has 0 spiro atoms. The number of esters is 1. The number of aromatic nitrogens is 2. The number of imidazole rings is 1. The van der Waals surface area contributed by atoms with Crippen molar-refractivity contribution >= 4 is 17.0 Å². The third kappa shape index (κ3) is 2.16. The fourth-order valence-corrected chi connectivity index (χ4v) is 2.32. The third-order valence-electron chi connectivity index (χ3n) is 3.44. The molecular formula is C14H16N2O3. The van der Waals surface area contributed by atoms with Crippen LogP contribution in [0.3, 0.4) is 0 Å². The monoisotopic (exact) mass is 260 g/mol. The molecule has 1 aromatic carbocycles. The normalized spacial score (nSPS) is 21.4. The topological polar surface area (TPSA) is 64.2 Å². The van der Waals surface area contributed by atoms with Crippen molar-refractivity contribution < 1.29 is 14.3 Å². The van der Waals surface area contributed by atoms with Crippen molar-refractivity contribution in [1.29, 1.82) is 0 Å². The molecule has 1 saturated carbocycles. The number of nitrogens with one attached hydrogen (secondary N) is 1. The van der Waals surface area contributed by atoms with Crippen molar-refractivity contribution in [1.82, 2.24) is 9.97 Å². The van der Waals surface area contributed by atoms with Gasteiger partial charge in [-0.3, -0.25) is 4.79 Å². The second-order valence-corrected chi connectivity index (χ2v) is 4.71. The van der Waals surface area contributed by atoms with Crippen molar-refractivity contribution in [2.75, 3.05) is 13.7 Å². The maximum atomic E-state index is 11.6. The molecule has 0 saturated heterocycles. The average Bonchev–Trinajstić information content (AvgIpc) is 3.11. The van der Waals surface area contributed by atoms with Crippen LogP contribution in [0.15, 0.2) is 18.2 Å². The molecule has 1 fully saturated rings. The van der Waals surface area contributed by atoms with Crippen molar-refractivity contribution in [2.45, 2.75) is 19.3 Å². The van der Waals surface area contributed by atoms with Crippen LogP contribution in [0.4, 0.5) is 0 Å². The maximum absolute atomic E-state index is 11.6. The molecule has 1 aliphatic rings. The summed E-state index contributed by atoms with van der Waals surface area (Å²) in [7, 11) is 1.64. The van der Waals surface area contributed by atoms with Crippen LogP contribution >= 0.6 is 0 Å². The molecule has 5 nitrogen and oxygen atoms in total. The maximum Gasteiger partial charge on any atom is 0.309 e. The van der Waals surface area contributed by atoms with Gasteiger partial charge < -0.3 is 14.5 Å². The fourth-order valence-electron chi connectivity index (χ4n) is 2.32. The number of ether oxygens (including phenoxy) is 2. The Morgan fingerprint density at radius 1 is 1.53 bits per heavy atom. The highest BCUT2D eigenvalue weighted by atomic mass is 16.5. The molecule has 1 heterocycles. The van der Waals surface area contributed by atoms with Gasteiger partial charge in [-0.15, -0.1) is 0 Å². The second kappa shape index (κ2) is 4.57. The van der Waals surface area contributed by atoms with Crippen molar-refractivity contribution in [2.24, 2.45) is 5.92 Å². The Labute approximate surface area is 110 Å². The number of benzene rings is 1. The standard InChI is InChI=1S/C14H16N2O3/c1-3-19-14(17)10-7-9(10)13-15-11-5-4-8(18-2)6-12(11)16-13/h4-6,9-10H,3,7H2,1-2H3,(H,15,16). The molecule has 2 unspecified atom stereocenters. The molecule has 0 amide bonds. The first-order chi connectivity index (χ1) is 9.22. The summed E-state index contributed by atoms with van der Waals surface area (Å²) in [5, 5.41) is 0. The van der Waals surface area contributed by atoms with Crippen LogP contribution in [-0.4, -0.2) is 29.7 Å². The lowest BCUT2D eigenvalue weighted by atomic mass is 10.3. The molecule has 0 aliphatic heterocycles. The summed E-state index contributed by atoms with van der Waals surface area (Å²) in [4.78, 5) is 19.4. The number of aromatic amines is 1. The molecular weight excluding hydrogens is 244 g/mol. The number of fused-ring (bicyclic) bond motifs is 1. The zero-order valence-electron chi connectivity index (χ0n) is 11.0. The summed E-state index contributed by atoms with van der Waals surface area (Å²) in [5.74, 6) is 1.66. The summed E-state index contributed by atoms with van der Waals surface area (Å²) in [6, 6.07) is 5.70. The van der Waals surface area contributed by atoms with Gasteiger partial charge in [0.1, 0.15) is 11.6 Å². The number of carbonyl (C=O) groups is 1. The first-order valence-electron chi connectivity index (χ1n) is 6.43. The largest absolute Gasteiger partial charge is 0.497 e. The number of H-pyrrole nitrogens is 1. The van der Waals surface area contributed by atoms with E-state index >= 15 is 0 Å².